The molecule has 22 heavy (non-hydrogen) atoms. The van der Waals surface area contributed by atoms with E-state index >= 15 is 0 Å². The predicted molar refractivity (Wildman–Crippen MR) is 88.8 cm³/mol. The molecule has 0 amide bonds. The van der Waals surface area contributed by atoms with Crippen molar-refractivity contribution in [1.82, 2.24) is 0 Å². The zero-order valence-corrected chi connectivity index (χ0v) is 13.2. The fourth-order valence-electron chi connectivity index (χ4n) is 2.02. The van der Waals surface area contributed by atoms with Crippen LogP contribution in [0.15, 0.2) is 48.5 Å². The quantitative estimate of drug-likeness (QED) is 0.717. The average Bonchev–Trinajstić information content (AvgIpc) is 2.58. The minimum Gasteiger partial charge on any atom is -0.497 e. The Morgan fingerprint density at radius 2 is 1.77 bits per heavy atom. The molecule has 4 heteroatoms. The summed E-state index contributed by atoms with van der Waals surface area (Å²) in [4.78, 5) is 0. The lowest BCUT2D eigenvalue weighted by molar-refractivity contribution is 0.110. The van der Waals surface area contributed by atoms with E-state index in [1.165, 1.54) is 5.56 Å². The Morgan fingerprint density at radius 1 is 0.955 bits per heavy atom. The topological polar surface area (TPSA) is 39.7 Å². The highest BCUT2D eigenvalue weighted by Crippen LogP contribution is 2.17. The summed E-state index contributed by atoms with van der Waals surface area (Å²) in [5, 5.41) is 3.38. The van der Waals surface area contributed by atoms with Gasteiger partial charge in [0.05, 0.1) is 13.7 Å². The van der Waals surface area contributed by atoms with Crippen LogP contribution in [0.2, 0.25) is 0 Å². The van der Waals surface area contributed by atoms with Gasteiger partial charge in [-0.1, -0.05) is 12.1 Å². The lowest BCUT2D eigenvalue weighted by Gasteiger charge is -2.10. The van der Waals surface area contributed by atoms with E-state index in [0.717, 1.165) is 30.3 Å². The summed E-state index contributed by atoms with van der Waals surface area (Å²) in [6.45, 7) is 4.63. The first kappa shape index (κ1) is 16.2. The van der Waals surface area contributed by atoms with Gasteiger partial charge in [-0.15, -0.1) is 0 Å². The Morgan fingerprint density at radius 3 is 2.50 bits per heavy atom. The van der Waals surface area contributed by atoms with Gasteiger partial charge in [-0.05, 0) is 48.9 Å². The minimum absolute atomic E-state index is 0.573. The molecule has 0 fully saturated rings. The van der Waals surface area contributed by atoms with Gasteiger partial charge in [0.25, 0.3) is 0 Å². The first-order valence-corrected chi connectivity index (χ1v) is 7.49. The van der Waals surface area contributed by atoms with Gasteiger partial charge >= 0.3 is 0 Å². The van der Waals surface area contributed by atoms with Crippen molar-refractivity contribution in [3.05, 3.63) is 54.1 Å². The monoisotopic (exact) mass is 301 g/mol. The summed E-state index contributed by atoms with van der Waals surface area (Å²) in [5.41, 5.74) is 2.23. The van der Waals surface area contributed by atoms with Crippen molar-refractivity contribution in [3.8, 4) is 11.5 Å². The molecule has 0 radical (unpaired) electrons. The van der Waals surface area contributed by atoms with Gasteiger partial charge in [-0.25, -0.2) is 0 Å². The van der Waals surface area contributed by atoms with Crippen molar-refractivity contribution in [2.24, 2.45) is 0 Å². The molecule has 2 rings (SSSR count). The maximum atomic E-state index is 5.66. The largest absolute Gasteiger partial charge is 0.497 e. The predicted octanol–water partition coefficient (Wildman–Crippen LogP) is 3.72. The van der Waals surface area contributed by atoms with Gasteiger partial charge in [0, 0.05) is 18.8 Å². The molecule has 0 unspecified atom stereocenters. The molecule has 0 aliphatic rings. The van der Waals surface area contributed by atoms with Crippen molar-refractivity contribution in [1.29, 1.82) is 0 Å². The number of anilines is 1. The van der Waals surface area contributed by atoms with E-state index in [4.69, 9.17) is 14.2 Å². The highest BCUT2D eigenvalue weighted by Gasteiger charge is 1.99. The molecule has 1 N–H and O–H groups in total. The molecule has 2 aromatic rings. The molecular weight excluding hydrogens is 278 g/mol. The zero-order valence-electron chi connectivity index (χ0n) is 13.2. The molecule has 0 aromatic heterocycles. The van der Waals surface area contributed by atoms with Crippen LogP contribution in [0.1, 0.15) is 12.5 Å². The standard InChI is InChI=1S/C18H23NO3/c1-3-21-11-12-22-18-6-4-5-15(13-18)14-19-16-7-9-17(20-2)10-8-16/h4-10,13,19H,3,11-12,14H2,1-2H3. The second-order valence-corrected chi connectivity index (χ2v) is 4.77. The molecule has 0 heterocycles. The van der Waals surface area contributed by atoms with E-state index in [-0.39, 0.29) is 0 Å². The molecule has 2 aromatic carbocycles. The van der Waals surface area contributed by atoms with Gasteiger partial charge < -0.3 is 19.5 Å². The Labute approximate surface area is 132 Å². The molecule has 0 atom stereocenters. The van der Waals surface area contributed by atoms with E-state index in [9.17, 15) is 0 Å². The normalized spacial score (nSPS) is 10.3. The van der Waals surface area contributed by atoms with Crippen LogP contribution < -0.4 is 14.8 Å². The Hall–Kier alpha value is -2.20. The van der Waals surface area contributed by atoms with Gasteiger partial charge in [0.1, 0.15) is 18.1 Å². The highest BCUT2D eigenvalue weighted by atomic mass is 16.5. The molecule has 0 spiro atoms. The summed E-state index contributed by atoms with van der Waals surface area (Å²) >= 11 is 0. The van der Waals surface area contributed by atoms with Crippen LogP contribution in [0.5, 0.6) is 11.5 Å². The number of methoxy groups -OCH3 is 1. The smallest absolute Gasteiger partial charge is 0.119 e. The third kappa shape index (κ3) is 5.30. The Balaban J connectivity index is 1.84. The number of rotatable bonds is 9. The zero-order chi connectivity index (χ0) is 15.6. The third-order valence-electron chi connectivity index (χ3n) is 3.19. The third-order valence-corrected chi connectivity index (χ3v) is 3.19. The van der Waals surface area contributed by atoms with Crippen molar-refractivity contribution < 1.29 is 14.2 Å². The van der Waals surface area contributed by atoms with Crippen LogP contribution in [-0.4, -0.2) is 26.9 Å². The van der Waals surface area contributed by atoms with Crippen molar-refractivity contribution in [3.63, 3.8) is 0 Å². The molecule has 0 saturated carbocycles. The highest BCUT2D eigenvalue weighted by molar-refractivity contribution is 5.47. The molecule has 0 saturated heterocycles. The van der Waals surface area contributed by atoms with E-state index in [1.54, 1.807) is 7.11 Å². The second kappa shape index (κ2) is 8.95. The fourth-order valence-corrected chi connectivity index (χ4v) is 2.02. The summed E-state index contributed by atoms with van der Waals surface area (Å²) in [6.07, 6.45) is 0. The molecule has 0 aliphatic heterocycles. The van der Waals surface area contributed by atoms with Crippen LogP contribution in [0, 0.1) is 0 Å². The summed E-state index contributed by atoms with van der Waals surface area (Å²) in [5.74, 6) is 1.73. The number of nitrogens with one attached hydrogen (secondary N) is 1. The van der Waals surface area contributed by atoms with Crippen LogP contribution in [-0.2, 0) is 11.3 Å². The number of hydrogen-bond donors (Lipinski definition) is 1. The van der Waals surface area contributed by atoms with Crippen molar-refractivity contribution >= 4 is 5.69 Å². The number of benzene rings is 2. The second-order valence-electron chi connectivity index (χ2n) is 4.77. The maximum absolute atomic E-state index is 5.66. The molecule has 0 bridgehead atoms. The molecule has 4 nitrogen and oxygen atoms in total. The average molecular weight is 301 g/mol. The first-order chi connectivity index (χ1) is 10.8. The van der Waals surface area contributed by atoms with E-state index < -0.39 is 0 Å². The van der Waals surface area contributed by atoms with E-state index in [2.05, 4.69) is 11.4 Å². The maximum Gasteiger partial charge on any atom is 0.119 e. The Kier molecular flexibility index (Phi) is 6.58. The Bertz CT molecular complexity index is 555. The SMILES string of the molecule is CCOCCOc1cccc(CNc2ccc(OC)cc2)c1. The fraction of sp³-hybridized carbons (Fsp3) is 0.333. The van der Waals surface area contributed by atoms with Crippen LogP contribution in [0.4, 0.5) is 5.69 Å². The summed E-state index contributed by atoms with van der Waals surface area (Å²) < 4.78 is 16.1. The minimum atomic E-state index is 0.573. The van der Waals surface area contributed by atoms with Crippen molar-refractivity contribution in [2.75, 3.05) is 32.2 Å². The van der Waals surface area contributed by atoms with Crippen LogP contribution in [0.3, 0.4) is 0 Å². The first-order valence-electron chi connectivity index (χ1n) is 7.49. The van der Waals surface area contributed by atoms with Gasteiger partial charge in [-0.3, -0.25) is 0 Å². The van der Waals surface area contributed by atoms with Crippen LogP contribution in [0.25, 0.3) is 0 Å². The lowest BCUT2D eigenvalue weighted by Crippen LogP contribution is -2.06. The van der Waals surface area contributed by atoms with E-state index in [1.807, 2.05) is 49.4 Å². The summed E-state index contributed by atoms with van der Waals surface area (Å²) in [7, 11) is 1.67. The van der Waals surface area contributed by atoms with Gasteiger partial charge in [-0.2, -0.15) is 0 Å². The van der Waals surface area contributed by atoms with Crippen LogP contribution >= 0.6 is 0 Å². The number of hydrogen-bond acceptors (Lipinski definition) is 4. The number of ether oxygens (including phenoxy) is 3. The molecular formula is C18H23NO3. The van der Waals surface area contributed by atoms with Crippen molar-refractivity contribution in [2.45, 2.75) is 13.5 Å². The van der Waals surface area contributed by atoms with Gasteiger partial charge in [0.15, 0.2) is 0 Å². The molecule has 118 valence electrons. The van der Waals surface area contributed by atoms with E-state index in [0.29, 0.717) is 13.2 Å². The summed E-state index contributed by atoms with van der Waals surface area (Å²) in [6, 6.07) is 16.0. The lowest BCUT2D eigenvalue weighted by atomic mass is 10.2. The molecule has 0 aliphatic carbocycles. The van der Waals surface area contributed by atoms with Gasteiger partial charge in [0.2, 0.25) is 0 Å².